The minimum Gasteiger partial charge on any atom is -0.491 e. The highest BCUT2D eigenvalue weighted by atomic mass is 35.5. The zero-order valence-electron chi connectivity index (χ0n) is 17.1. The number of fused-ring (bicyclic) bond motifs is 3. The van der Waals surface area contributed by atoms with Crippen molar-refractivity contribution in [1.29, 1.82) is 0 Å². The lowest BCUT2D eigenvalue weighted by Crippen LogP contribution is -2.30. The van der Waals surface area contributed by atoms with Crippen LogP contribution in [0.1, 0.15) is 45.8 Å². The number of carbonyl (C=O) groups excluding carboxylic acids is 1. The summed E-state index contributed by atoms with van der Waals surface area (Å²) in [5.74, 6) is 0.579. The molecule has 1 N–H and O–H groups in total. The number of aryl methyl sites for hydroxylation is 2. The molecule has 3 aromatic rings. The SMILES string of the molecule is Cc1nc2c3c(nn2c(C)c1Cl)CN(C(=O)c1ccccc1OCC1CCCN1)C3. The molecule has 1 aromatic carbocycles. The fraction of sp³-hybridized carbons (Fsp3) is 0.409. The van der Waals surface area contributed by atoms with E-state index in [4.69, 9.17) is 16.3 Å². The van der Waals surface area contributed by atoms with Gasteiger partial charge in [0.05, 0.1) is 40.8 Å². The molecule has 2 aliphatic heterocycles. The van der Waals surface area contributed by atoms with E-state index >= 15 is 0 Å². The second-order valence-electron chi connectivity index (χ2n) is 8.02. The highest BCUT2D eigenvalue weighted by Gasteiger charge is 2.31. The molecule has 1 unspecified atom stereocenters. The van der Waals surface area contributed by atoms with Gasteiger partial charge in [-0.3, -0.25) is 4.79 Å². The average molecular weight is 426 g/mol. The topological polar surface area (TPSA) is 71.8 Å². The van der Waals surface area contributed by atoms with Crippen molar-refractivity contribution >= 4 is 23.2 Å². The summed E-state index contributed by atoms with van der Waals surface area (Å²) in [4.78, 5) is 19.7. The van der Waals surface area contributed by atoms with Gasteiger partial charge in [0.25, 0.3) is 5.91 Å². The molecule has 2 aliphatic rings. The number of hydrogen-bond donors (Lipinski definition) is 1. The van der Waals surface area contributed by atoms with Gasteiger partial charge in [0.2, 0.25) is 0 Å². The quantitative estimate of drug-likeness (QED) is 0.694. The number of amides is 1. The van der Waals surface area contributed by atoms with Crippen LogP contribution in [0.2, 0.25) is 5.02 Å². The van der Waals surface area contributed by atoms with Crippen LogP contribution in [0.3, 0.4) is 0 Å². The van der Waals surface area contributed by atoms with Crippen LogP contribution in [-0.4, -0.2) is 44.6 Å². The summed E-state index contributed by atoms with van der Waals surface area (Å²) < 4.78 is 7.80. The van der Waals surface area contributed by atoms with Crippen LogP contribution >= 0.6 is 11.6 Å². The van der Waals surface area contributed by atoms with E-state index in [2.05, 4.69) is 15.4 Å². The zero-order chi connectivity index (χ0) is 20.8. The van der Waals surface area contributed by atoms with Crippen LogP contribution in [0.15, 0.2) is 24.3 Å². The molecule has 0 aliphatic carbocycles. The third-order valence-electron chi connectivity index (χ3n) is 5.96. The standard InChI is InChI=1S/C22H24ClN5O2/c1-13-20(23)14(2)28-21(25-13)17-10-27(11-18(17)26-28)22(29)16-7-3-4-8-19(16)30-12-15-6-5-9-24-15/h3-4,7-8,15,24H,5-6,9-12H2,1-2H3. The molecule has 0 saturated carbocycles. The molecule has 156 valence electrons. The van der Waals surface area contributed by atoms with Gasteiger partial charge < -0.3 is 15.0 Å². The number of nitrogens with zero attached hydrogens (tertiary/aromatic N) is 4. The van der Waals surface area contributed by atoms with Gasteiger partial charge in [-0.25, -0.2) is 9.50 Å². The van der Waals surface area contributed by atoms with Gasteiger partial charge >= 0.3 is 0 Å². The molecule has 1 fully saturated rings. The van der Waals surface area contributed by atoms with E-state index in [0.717, 1.165) is 41.3 Å². The summed E-state index contributed by atoms with van der Waals surface area (Å²) in [6.07, 6.45) is 2.27. The van der Waals surface area contributed by atoms with E-state index in [9.17, 15) is 4.79 Å². The van der Waals surface area contributed by atoms with E-state index in [0.29, 0.717) is 42.1 Å². The Bertz CT molecular complexity index is 1140. The lowest BCUT2D eigenvalue weighted by Gasteiger charge is -2.19. The van der Waals surface area contributed by atoms with E-state index in [1.807, 2.05) is 38.1 Å². The first kappa shape index (κ1) is 19.3. The number of benzene rings is 1. The number of para-hydroxylation sites is 1. The minimum atomic E-state index is -0.0523. The molecule has 30 heavy (non-hydrogen) atoms. The zero-order valence-corrected chi connectivity index (χ0v) is 17.9. The van der Waals surface area contributed by atoms with E-state index in [1.54, 1.807) is 9.42 Å². The van der Waals surface area contributed by atoms with Crippen LogP contribution < -0.4 is 10.1 Å². The van der Waals surface area contributed by atoms with Gasteiger partial charge in [-0.05, 0) is 45.4 Å². The molecule has 1 atom stereocenters. The number of nitrogens with one attached hydrogen (secondary N) is 1. The number of hydrogen-bond acceptors (Lipinski definition) is 5. The Labute approximate surface area is 180 Å². The summed E-state index contributed by atoms with van der Waals surface area (Å²) in [7, 11) is 0. The highest BCUT2D eigenvalue weighted by Crippen LogP contribution is 2.31. The Hall–Kier alpha value is -2.64. The molecule has 4 heterocycles. The highest BCUT2D eigenvalue weighted by molar-refractivity contribution is 6.31. The van der Waals surface area contributed by atoms with Crippen molar-refractivity contribution in [2.45, 2.75) is 45.8 Å². The average Bonchev–Trinajstić information content (AvgIpc) is 3.48. The Morgan fingerprint density at radius 2 is 2.13 bits per heavy atom. The Balaban J connectivity index is 1.38. The van der Waals surface area contributed by atoms with Crippen LogP contribution in [0.4, 0.5) is 0 Å². The fourth-order valence-electron chi connectivity index (χ4n) is 4.29. The third-order valence-corrected chi connectivity index (χ3v) is 6.51. The summed E-state index contributed by atoms with van der Waals surface area (Å²) in [6.45, 7) is 6.35. The van der Waals surface area contributed by atoms with E-state index in [1.165, 1.54) is 6.42 Å². The van der Waals surface area contributed by atoms with Gasteiger partial charge in [0.1, 0.15) is 12.4 Å². The van der Waals surface area contributed by atoms with Crippen molar-refractivity contribution in [2.75, 3.05) is 13.2 Å². The van der Waals surface area contributed by atoms with Crippen LogP contribution in [-0.2, 0) is 13.1 Å². The number of halogens is 1. The Morgan fingerprint density at radius 3 is 2.93 bits per heavy atom. The summed E-state index contributed by atoms with van der Waals surface area (Å²) in [5, 5.41) is 8.71. The van der Waals surface area contributed by atoms with Crippen LogP contribution in [0, 0.1) is 13.8 Å². The van der Waals surface area contributed by atoms with Gasteiger partial charge in [-0.1, -0.05) is 23.7 Å². The smallest absolute Gasteiger partial charge is 0.258 e. The predicted molar refractivity (Wildman–Crippen MR) is 114 cm³/mol. The van der Waals surface area contributed by atoms with Crippen molar-refractivity contribution in [2.24, 2.45) is 0 Å². The summed E-state index contributed by atoms with van der Waals surface area (Å²) in [5.41, 5.74) is 4.85. The van der Waals surface area contributed by atoms with Crippen LogP contribution in [0.25, 0.3) is 5.65 Å². The van der Waals surface area contributed by atoms with Gasteiger partial charge in [-0.15, -0.1) is 0 Å². The maximum absolute atomic E-state index is 13.3. The molecule has 0 radical (unpaired) electrons. The molecule has 0 bridgehead atoms. The lowest BCUT2D eigenvalue weighted by molar-refractivity contribution is 0.0744. The van der Waals surface area contributed by atoms with E-state index < -0.39 is 0 Å². The molecular weight excluding hydrogens is 402 g/mol. The second kappa shape index (κ2) is 7.56. The van der Waals surface area contributed by atoms with Gasteiger partial charge in [-0.2, -0.15) is 5.10 Å². The normalized spacial score (nSPS) is 18.2. The Morgan fingerprint density at radius 1 is 1.30 bits per heavy atom. The Kier molecular flexibility index (Phi) is 4.87. The molecule has 7 nitrogen and oxygen atoms in total. The second-order valence-corrected chi connectivity index (χ2v) is 8.40. The van der Waals surface area contributed by atoms with Gasteiger partial charge in [0, 0.05) is 11.6 Å². The number of carbonyl (C=O) groups is 1. The fourth-order valence-corrected chi connectivity index (χ4v) is 4.41. The lowest BCUT2D eigenvalue weighted by atomic mass is 10.1. The third kappa shape index (κ3) is 3.22. The maximum Gasteiger partial charge on any atom is 0.258 e. The summed E-state index contributed by atoms with van der Waals surface area (Å²) >= 11 is 6.33. The first-order chi connectivity index (χ1) is 14.5. The number of aromatic nitrogens is 3. The van der Waals surface area contributed by atoms with Crippen molar-refractivity contribution in [1.82, 2.24) is 24.8 Å². The van der Waals surface area contributed by atoms with Crippen molar-refractivity contribution < 1.29 is 9.53 Å². The molecule has 1 amide bonds. The van der Waals surface area contributed by atoms with Crippen LogP contribution in [0.5, 0.6) is 5.75 Å². The largest absolute Gasteiger partial charge is 0.491 e. The molecule has 8 heteroatoms. The maximum atomic E-state index is 13.3. The van der Waals surface area contributed by atoms with E-state index in [-0.39, 0.29) is 5.91 Å². The monoisotopic (exact) mass is 425 g/mol. The first-order valence-electron chi connectivity index (χ1n) is 10.3. The van der Waals surface area contributed by atoms with Crippen molar-refractivity contribution in [3.8, 4) is 5.75 Å². The number of ether oxygens (including phenoxy) is 1. The predicted octanol–water partition coefficient (Wildman–Crippen LogP) is 3.29. The molecule has 5 rings (SSSR count). The molecule has 0 spiro atoms. The summed E-state index contributed by atoms with van der Waals surface area (Å²) in [6, 6.07) is 7.82. The molecular formula is C22H24ClN5O2. The molecule has 1 saturated heterocycles. The van der Waals surface area contributed by atoms with Gasteiger partial charge in [0.15, 0.2) is 5.65 Å². The first-order valence-corrected chi connectivity index (χ1v) is 10.7. The number of rotatable bonds is 4. The molecule has 2 aromatic heterocycles. The van der Waals surface area contributed by atoms with Crippen molar-refractivity contribution in [3.63, 3.8) is 0 Å². The van der Waals surface area contributed by atoms with Crippen molar-refractivity contribution in [3.05, 3.63) is 57.5 Å². The minimum absolute atomic E-state index is 0.0523.